The Kier molecular flexibility index (Phi) is 3.66. The van der Waals surface area contributed by atoms with Crippen LogP contribution in [0, 0.1) is 19.3 Å². The van der Waals surface area contributed by atoms with E-state index in [1.165, 1.54) is 4.90 Å². The monoisotopic (exact) mass is 326 g/mol. The van der Waals surface area contributed by atoms with Gasteiger partial charge in [0.05, 0.1) is 31.8 Å². The number of rotatable bonds is 3. The molecule has 2 aliphatic heterocycles. The number of alkyl halides is 1. The summed E-state index contributed by atoms with van der Waals surface area (Å²) in [7, 11) is 0. The van der Waals surface area contributed by atoms with Gasteiger partial charge in [-0.2, -0.15) is 0 Å². The Labute approximate surface area is 132 Å². The summed E-state index contributed by atoms with van der Waals surface area (Å²) >= 11 is 0. The average Bonchev–Trinajstić information content (AvgIpc) is 2.96. The molecule has 0 radical (unpaired) electrons. The molecule has 0 aromatic carbocycles. The average molecular weight is 326 g/mol. The van der Waals surface area contributed by atoms with E-state index < -0.39 is 23.0 Å². The molecule has 0 aliphatic carbocycles. The standard InChI is InChI=1S/C15H19FN2O5/c1-4-22-13(20)15(16)6-18(5-14(15)7-21-8-14)12(19)11-9(2)23-10(3)17-11/h4-8H2,1-3H3/t15-/m0/s1. The maximum absolute atomic E-state index is 15.4. The van der Waals surface area contributed by atoms with Gasteiger partial charge in [0.25, 0.3) is 5.91 Å². The first kappa shape index (κ1) is 15.9. The minimum absolute atomic E-state index is 0.0803. The molecule has 0 bridgehead atoms. The first-order valence-corrected chi connectivity index (χ1v) is 7.50. The van der Waals surface area contributed by atoms with E-state index in [4.69, 9.17) is 13.9 Å². The maximum atomic E-state index is 15.4. The molecule has 2 saturated heterocycles. The maximum Gasteiger partial charge on any atom is 0.346 e. The fraction of sp³-hybridized carbons (Fsp3) is 0.667. The Bertz CT molecular complexity index is 654. The van der Waals surface area contributed by atoms with Crippen molar-refractivity contribution in [1.29, 1.82) is 0 Å². The largest absolute Gasteiger partial charge is 0.464 e. The number of carbonyl (C=O) groups excluding carboxylic acids is 2. The van der Waals surface area contributed by atoms with Gasteiger partial charge in [-0.05, 0) is 13.8 Å². The summed E-state index contributed by atoms with van der Waals surface area (Å²) in [6.07, 6.45) is 0. The third kappa shape index (κ3) is 2.23. The highest BCUT2D eigenvalue weighted by Gasteiger charge is 2.68. The number of oxazole rings is 1. The Balaban J connectivity index is 1.88. The lowest BCUT2D eigenvalue weighted by molar-refractivity contribution is -0.196. The molecule has 0 saturated carbocycles. The molecule has 1 amide bonds. The van der Waals surface area contributed by atoms with Crippen LogP contribution in [0.25, 0.3) is 0 Å². The van der Waals surface area contributed by atoms with Gasteiger partial charge in [0.1, 0.15) is 5.76 Å². The van der Waals surface area contributed by atoms with E-state index in [9.17, 15) is 9.59 Å². The Hall–Kier alpha value is -1.96. The fourth-order valence-electron chi connectivity index (χ4n) is 3.19. The number of hydrogen-bond acceptors (Lipinski definition) is 6. The molecule has 8 heteroatoms. The molecule has 7 nitrogen and oxygen atoms in total. The summed E-state index contributed by atoms with van der Waals surface area (Å²) in [5, 5.41) is 0. The summed E-state index contributed by atoms with van der Waals surface area (Å²) in [5.74, 6) is -0.649. The lowest BCUT2D eigenvalue weighted by Gasteiger charge is -2.43. The molecule has 126 valence electrons. The minimum Gasteiger partial charge on any atom is -0.464 e. The number of esters is 1. The molecule has 0 N–H and O–H groups in total. The molecule has 3 rings (SSSR count). The highest BCUT2D eigenvalue weighted by molar-refractivity contribution is 5.95. The molecule has 1 aromatic heterocycles. The topological polar surface area (TPSA) is 81.9 Å². The molecular weight excluding hydrogens is 307 g/mol. The summed E-state index contributed by atoms with van der Waals surface area (Å²) in [4.78, 5) is 30.1. The molecule has 2 aliphatic rings. The number of aromatic nitrogens is 1. The van der Waals surface area contributed by atoms with Crippen molar-refractivity contribution in [3.05, 3.63) is 17.3 Å². The quantitative estimate of drug-likeness (QED) is 0.772. The molecule has 3 heterocycles. The van der Waals surface area contributed by atoms with E-state index in [1.54, 1.807) is 20.8 Å². The van der Waals surface area contributed by atoms with Crippen molar-refractivity contribution < 1.29 is 27.9 Å². The number of nitrogens with zero attached hydrogens (tertiary/aromatic N) is 2. The zero-order chi connectivity index (χ0) is 16.8. The summed E-state index contributed by atoms with van der Waals surface area (Å²) in [5.41, 5.74) is -3.16. The second-order valence-electron chi connectivity index (χ2n) is 6.09. The predicted molar refractivity (Wildman–Crippen MR) is 75.6 cm³/mol. The second kappa shape index (κ2) is 5.30. The Morgan fingerprint density at radius 1 is 1.35 bits per heavy atom. The smallest absolute Gasteiger partial charge is 0.346 e. The number of hydrogen-bond donors (Lipinski definition) is 0. The number of aryl methyl sites for hydroxylation is 2. The second-order valence-corrected chi connectivity index (χ2v) is 6.09. The van der Waals surface area contributed by atoms with E-state index in [1.807, 2.05) is 0 Å². The highest BCUT2D eigenvalue weighted by Crippen LogP contribution is 2.48. The van der Waals surface area contributed by atoms with Crippen LogP contribution in [0.1, 0.15) is 29.1 Å². The van der Waals surface area contributed by atoms with Crippen LogP contribution < -0.4 is 0 Å². The van der Waals surface area contributed by atoms with E-state index >= 15 is 4.39 Å². The summed E-state index contributed by atoms with van der Waals surface area (Å²) < 4.78 is 30.7. The molecule has 1 spiro atoms. The van der Waals surface area contributed by atoms with Gasteiger partial charge in [-0.25, -0.2) is 14.2 Å². The van der Waals surface area contributed by atoms with Crippen LogP contribution in [0.4, 0.5) is 4.39 Å². The Morgan fingerprint density at radius 3 is 2.52 bits per heavy atom. The first-order chi connectivity index (χ1) is 10.8. The fourth-order valence-corrected chi connectivity index (χ4v) is 3.19. The van der Waals surface area contributed by atoms with Gasteiger partial charge in [-0.1, -0.05) is 0 Å². The van der Waals surface area contributed by atoms with E-state index in [0.29, 0.717) is 11.7 Å². The van der Waals surface area contributed by atoms with E-state index in [-0.39, 0.29) is 38.6 Å². The zero-order valence-electron chi connectivity index (χ0n) is 13.3. The van der Waals surface area contributed by atoms with Gasteiger partial charge < -0.3 is 18.8 Å². The first-order valence-electron chi connectivity index (χ1n) is 7.50. The van der Waals surface area contributed by atoms with Gasteiger partial charge in [-0.3, -0.25) is 4.79 Å². The van der Waals surface area contributed by atoms with Crippen LogP contribution in [0.3, 0.4) is 0 Å². The third-order valence-corrected chi connectivity index (χ3v) is 4.49. The highest BCUT2D eigenvalue weighted by atomic mass is 19.1. The lowest BCUT2D eigenvalue weighted by Crippen LogP contribution is -2.61. The number of carbonyl (C=O) groups is 2. The van der Waals surface area contributed by atoms with Crippen molar-refractivity contribution in [3.63, 3.8) is 0 Å². The van der Waals surface area contributed by atoms with Gasteiger partial charge in [0.15, 0.2) is 11.6 Å². The van der Waals surface area contributed by atoms with Crippen LogP contribution in [0.15, 0.2) is 4.42 Å². The zero-order valence-corrected chi connectivity index (χ0v) is 13.3. The third-order valence-electron chi connectivity index (χ3n) is 4.49. The molecule has 23 heavy (non-hydrogen) atoms. The summed E-state index contributed by atoms with van der Waals surface area (Å²) in [6.45, 7) is 4.85. The van der Waals surface area contributed by atoms with Crippen LogP contribution in [-0.2, 0) is 14.3 Å². The molecular formula is C15H19FN2O5. The number of likely N-dealkylation sites (tertiary alicyclic amines) is 1. The normalized spacial score (nSPS) is 25.5. The van der Waals surface area contributed by atoms with Gasteiger partial charge in [0.2, 0.25) is 5.67 Å². The number of amides is 1. The van der Waals surface area contributed by atoms with Gasteiger partial charge in [-0.15, -0.1) is 0 Å². The molecule has 2 fully saturated rings. The van der Waals surface area contributed by atoms with Crippen molar-refractivity contribution in [1.82, 2.24) is 9.88 Å². The van der Waals surface area contributed by atoms with Crippen LogP contribution >= 0.6 is 0 Å². The lowest BCUT2D eigenvalue weighted by atomic mass is 9.74. The summed E-state index contributed by atoms with van der Waals surface area (Å²) in [6, 6.07) is 0. The van der Waals surface area contributed by atoms with E-state index in [2.05, 4.69) is 4.98 Å². The predicted octanol–water partition coefficient (Wildman–Crippen LogP) is 1.04. The van der Waals surface area contributed by atoms with Crippen molar-refractivity contribution in [2.45, 2.75) is 26.4 Å². The van der Waals surface area contributed by atoms with Crippen LogP contribution in [0.5, 0.6) is 0 Å². The number of ether oxygens (including phenoxy) is 2. The van der Waals surface area contributed by atoms with Crippen molar-refractivity contribution in [2.24, 2.45) is 5.41 Å². The van der Waals surface area contributed by atoms with Gasteiger partial charge >= 0.3 is 5.97 Å². The molecule has 1 atom stereocenters. The van der Waals surface area contributed by atoms with Crippen molar-refractivity contribution in [3.8, 4) is 0 Å². The van der Waals surface area contributed by atoms with Crippen molar-refractivity contribution >= 4 is 11.9 Å². The van der Waals surface area contributed by atoms with Gasteiger partial charge in [0, 0.05) is 13.5 Å². The number of halogens is 1. The van der Waals surface area contributed by atoms with Crippen LogP contribution in [0.2, 0.25) is 0 Å². The SMILES string of the molecule is CCOC(=O)[C@@]1(F)CN(C(=O)c2nc(C)oc2C)CC12COC2. The molecule has 1 aromatic rings. The van der Waals surface area contributed by atoms with E-state index in [0.717, 1.165) is 0 Å². The van der Waals surface area contributed by atoms with Crippen LogP contribution in [-0.4, -0.2) is 60.3 Å². The minimum atomic E-state index is -2.26. The van der Waals surface area contributed by atoms with Crippen molar-refractivity contribution in [2.75, 3.05) is 32.9 Å². The molecule has 0 unspecified atom stereocenters. The Morgan fingerprint density at radius 2 is 2.04 bits per heavy atom.